The molecule has 2 heterocycles. The van der Waals surface area contributed by atoms with E-state index in [-0.39, 0.29) is 17.1 Å². The minimum Gasteiger partial charge on any atom is -0.246 e. The highest BCUT2D eigenvalue weighted by Crippen LogP contribution is 2.20. The largest absolute Gasteiger partial charge is 0.269 e. The molecule has 0 radical (unpaired) electrons. The number of benzene rings is 1. The van der Waals surface area contributed by atoms with E-state index < -0.39 is 10.0 Å². The Bertz CT molecular complexity index is 945. The first-order valence-corrected chi connectivity index (χ1v) is 7.95. The Labute approximate surface area is 127 Å². The molecule has 3 rings (SSSR count). The molecule has 8 heteroatoms. The molecule has 0 saturated heterocycles. The summed E-state index contributed by atoms with van der Waals surface area (Å²) in [4.78, 5) is 8.59. The highest BCUT2D eigenvalue weighted by atomic mass is 32.2. The summed E-state index contributed by atoms with van der Waals surface area (Å²) in [5.41, 5.74) is 9.06. The first kappa shape index (κ1) is 14.3. The first-order chi connectivity index (χ1) is 10.5. The van der Waals surface area contributed by atoms with Crippen LogP contribution < -0.4 is 0 Å². The van der Waals surface area contributed by atoms with Crippen LogP contribution in [0.1, 0.15) is 11.3 Å². The molecule has 0 saturated carbocycles. The minimum atomic E-state index is -3.71. The Kier molecular flexibility index (Phi) is 3.45. The van der Waals surface area contributed by atoms with E-state index in [0.717, 1.165) is 9.54 Å². The summed E-state index contributed by atoms with van der Waals surface area (Å²) < 4.78 is 26.5. The SMILES string of the molecule is Cc1ccc(S(=O)(=O)n2ccc3nc(CN=N)cnc32)cc1. The van der Waals surface area contributed by atoms with Gasteiger partial charge in [-0.3, -0.25) is 0 Å². The standard InChI is InChI=1S/C14H13N5O2S/c1-10-2-4-12(5-3-10)22(20,21)19-7-6-13-14(19)16-8-11(18-13)9-17-15/h2-8,15H,9H2,1H3. The molecular formula is C14H13N5O2S. The lowest BCUT2D eigenvalue weighted by molar-refractivity contribution is 0.588. The fourth-order valence-electron chi connectivity index (χ4n) is 2.10. The van der Waals surface area contributed by atoms with Crippen molar-refractivity contribution in [2.75, 3.05) is 0 Å². The quantitative estimate of drug-likeness (QED) is 0.747. The summed E-state index contributed by atoms with van der Waals surface area (Å²) in [7, 11) is -3.71. The lowest BCUT2D eigenvalue weighted by Gasteiger charge is -2.07. The average Bonchev–Trinajstić information content (AvgIpc) is 2.92. The lowest BCUT2D eigenvalue weighted by Crippen LogP contribution is -2.12. The van der Waals surface area contributed by atoms with E-state index in [1.165, 1.54) is 12.4 Å². The van der Waals surface area contributed by atoms with Gasteiger partial charge in [-0.25, -0.2) is 27.9 Å². The molecule has 0 spiro atoms. The summed E-state index contributed by atoms with van der Waals surface area (Å²) in [6.45, 7) is 2.02. The molecule has 1 N–H and O–H groups in total. The molecule has 1 aromatic carbocycles. The van der Waals surface area contributed by atoms with Gasteiger partial charge in [0.05, 0.1) is 16.8 Å². The van der Waals surface area contributed by atoms with E-state index in [0.29, 0.717) is 11.2 Å². The monoisotopic (exact) mass is 315 g/mol. The molecule has 112 valence electrons. The average molecular weight is 315 g/mol. The molecule has 0 fully saturated rings. The zero-order valence-electron chi connectivity index (χ0n) is 11.8. The van der Waals surface area contributed by atoms with Crippen LogP contribution in [0.4, 0.5) is 0 Å². The molecule has 0 bridgehead atoms. The van der Waals surface area contributed by atoms with Crippen molar-refractivity contribution in [3.8, 4) is 0 Å². The number of hydrogen-bond acceptors (Lipinski definition) is 6. The summed E-state index contributed by atoms with van der Waals surface area (Å²) in [5.74, 6) is 0. The van der Waals surface area contributed by atoms with Crippen LogP contribution in [0.5, 0.6) is 0 Å². The van der Waals surface area contributed by atoms with Crippen molar-refractivity contribution in [1.82, 2.24) is 13.9 Å². The van der Waals surface area contributed by atoms with Crippen LogP contribution in [0, 0.1) is 12.5 Å². The van der Waals surface area contributed by atoms with Gasteiger partial charge in [0, 0.05) is 6.20 Å². The smallest absolute Gasteiger partial charge is 0.246 e. The van der Waals surface area contributed by atoms with Crippen LogP contribution in [-0.4, -0.2) is 22.4 Å². The van der Waals surface area contributed by atoms with E-state index in [1.807, 2.05) is 6.92 Å². The zero-order valence-corrected chi connectivity index (χ0v) is 12.6. The van der Waals surface area contributed by atoms with Crippen molar-refractivity contribution < 1.29 is 8.42 Å². The third kappa shape index (κ3) is 2.37. The van der Waals surface area contributed by atoms with Gasteiger partial charge in [-0.15, -0.1) is 0 Å². The van der Waals surface area contributed by atoms with Crippen molar-refractivity contribution in [3.05, 3.63) is 54.0 Å². The van der Waals surface area contributed by atoms with Crippen LogP contribution in [0.2, 0.25) is 0 Å². The van der Waals surface area contributed by atoms with Gasteiger partial charge in [0.1, 0.15) is 12.1 Å². The third-order valence-corrected chi connectivity index (χ3v) is 4.90. The minimum absolute atomic E-state index is 0.124. The predicted octanol–water partition coefficient (Wildman–Crippen LogP) is 2.51. The molecule has 3 aromatic rings. The molecule has 22 heavy (non-hydrogen) atoms. The van der Waals surface area contributed by atoms with E-state index >= 15 is 0 Å². The van der Waals surface area contributed by atoms with Gasteiger partial charge in [0.2, 0.25) is 0 Å². The van der Waals surface area contributed by atoms with E-state index in [1.54, 1.807) is 30.3 Å². The Balaban J connectivity index is 2.13. The summed E-state index contributed by atoms with van der Waals surface area (Å²) in [6, 6.07) is 8.21. The third-order valence-electron chi connectivity index (χ3n) is 3.22. The van der Waals surface area contributed by atoms with Gasteiger partial charge in [0.15, 0.2) is 5.65 Å². The number of hydrogen-bond donors (Lipinski definition) is 1. The Morgan fingerprint density at radius 2 is 1.95 bits per heavy atom. The van der Waals surface area contributed by atoms with Gasteiger partial charge in [-0.1, -0.05) is 17.7 Å². The molecular weight excluding hydrogens is 302 g/mol. The number of fused-ring (bicyclic) bond motifs is 1. The van der Waals surface area contributed by atoms with Gasteiger partial charge in [-0.2, -0.15) is 5.11 Å². The van der Waals surface area contributed by atoms with Gasteiger partial charge in [0.25, 0.3) is 10.0 Å². The maximum Gasteiger partial charge on any atom is 0.269 e. The van der Waals surface area contributed by atoms with Crippen molar-refractivity contribution in [3.63, 3.8) is 0 Å². The first-order valence-electron chi connectivity index (χ1n) is 6.51. The Hall–Kier alpha value is -2.61. The van der Waals surface area contributed by atoms with E-state index in [4.69, 9.17) is 5.53 Å². The summed E-state index contributed by atoms with van der Waals surface area (Å²) >= 11 is 0. The van der Waals surface area contributed by atoms with Crippen molar-refractivity contribution in [2.24, 2.45) is 5.11 Å². The van der Waals surface area contributed by atoms with Crippen molar-refractivity contribution >= 4 is 21.2 Å². The number of aryl methyl sites for hydroxylation is 1. The zero-order chi connectivity index (χ0) is 15.7. The molecule has 0 aliphatic heterocycles. The number of rotatable bonds is 4. The lowest BCUT2D eigenvalue weighted by atomic mass is 10.2. The molecule has 0 aliphatic rings. The molecule has 7 nitrogen and oxygen atoms in total. The summed E-state index contributed by atoms with van der Waals surface area (Å²) in [6.07, 6.45) is 2.86. The molecule has 0 atom stereocenters. The van der Waals surface area contributed by atoms with Crippen LogP contribution >= 0.6 is 0 Å². The fourth-order valence-corrected chi connectivity index (χ4v) is 3.40. The van der Waals surface area contributed by atoms with Crippen molar-refractivity contribution in [1.29, 1.82) is 5.53 Å². The highest BCUT2D eigenvalue weighted by molar-refractivity contribution is 7.90. The maximum absolute atomic E-state index is 12.7. The second-order valence-electron chi connectivity index (χ2n) is 4.82. The molecule has 0 unspecified atom stereocenters. The van der Waals surface area contributed by atoms with Gasteiger partial charge in [-0.05, 0) is 25.1 Å². The number of nitrogens with one attached hydrogen (secondary N) is 1. The Morgan fingerprint density at radius 1 is 1.23 bits per heavy atom. The van der Waals surface area contributed by atoms with Crippen LogP contribution in [0.25, 0.3) is 11.2 Å². The molecule has 0 aliphatic carbocycles. The van der Waals surface area contributed by atoms with Crippen LogP contribution in [0.15, 0.2) is 52.7 Å². The van der Waals surface area contributed by atoms with Crippen LogP contribution in [0.3, 0.4) is 0 Å². The van der Waals surface area contributed by atoms with Gasteiger partial charge < -0.3 is 0 Å². The number of nitrogens with zero attached hydrogens (tertiary/aromatic N) is 4. The fraction of sp³-hybridized carbons (Fsp3) is 0.143. The van der Waals surface area contributed by atoms with Crippen molar-refractivity contribution in [2.45, 2.75) is 18.4 Å². The maximum atomic E-state index is 12.7. The topological polar surface area (TPSA) is 101 Å². The highest BCUT2D eigenvalue weighted by Gasteiger charge is 2.20. The Morgan fingerprint density at radius 3 is 2.64 bits per heavy atom. The van der Waals surface area contributed by atoms with E-state index in [9.17, 15) is 8.42 Å². The summed E-state index contributed by atoms with van der Waals surface area (Å²) in [5, 5.41) is 3.25. The number of aromatic nitrogens is 3. The normalized spacial score (nSPS) is 11.7. The van der Waals surface area contributed by atoms with E-state index in [2.05, 4.69) is 15.1 Å². The van der Waals surface area contributed by atoms with Gasteiger partial charge >= 0.3 is 0 Å². The molecule has 2 aromatic heterocycles. The van der Waals surface area contributed by atoms with Crippen LogP contribution in [-0.2, 0) is 16.6 Å². The second kappa shape index (κ2) is 5.30. The predicted molar refractivity (Wildman–Crippen MR) is 80.1 cm³/mol. The molecule has 0 amide bonds. The second-order valence-corrected chi connectivity index (χ2v) is 6.63.